The number of sulfonamides is 1. The van der Waals surface area contributed by atoms with Gasteiger partial charge in [0.1, 0.15) is 16.4 Å². The Hall–Kier alpha value is -0.850. The largest absolute Gasteiger partial charge is 0.465 e. The van der Waals surface area contributed by atoms with Gasteiger partial charge in [-0.05, 0) is 39.7 Å². The Morgan fingerprint density at radius 3 is 2.42 bits per heavy atom. The molecule has 1 fully saturated rings. The molecule has 1 aromatic rings. The molecule has 108 valence electrons. The normalized spacial score (nSPS) is 23.4. The average Bonchev–Trinajstić information content (AvgIpc) is 2.52. The standard InChI is InChI=1S/C13H22N2O3S/c1-8-5-11(6-8)15-19(16,17)13-10(3)18-9(2)12(13)7-14-4/h8,11,14-15H,5-7H2,1-4H3. The zero-order valence-electron chi connectivity index (χ0n) is 11.9. The van der Waals surface area contributed by atoms with E-state index in [4.69, 9.17) is 4.42 Å². The minimum absolute atomic E-state index is 0.0667. The monoisotopic (exact) mass is 286 g/mol. The molecule has 19 heavy (non-hydrogen) atoms. The second-order valence-corrected chi connectivity index (χ2v) is 7.10. The fourth-order valence-corrected chi connectivity index (χ4v) is 4.43. The third-order valence-corrected chi connectivity index (χ3v) is 5.36. The maximum atomic E-state index is 12.5. The van der Waals surface area contributed by atoms with Crippen LogP contribution < -0.4 is 10.0 Å². The highest BCUT2D eigenvalue weighted by atomic mass is 32.2. The second-order valence-electron chi connectivity index (χ2n) is 5.45. The van der Waals surface area contributed by atoms with Gasteiger partial charge < -0.3 is 9.73 Å². The molecule has 2 N–H and O–H groups in total. The van der Waals surface area contributed by atoms with E-state index in [-0.39, 0.29) is 6.04 Å². The zero-order valence-corrected chi connectivity index (χ0v) is 12.7. The summed E-state index contributed by atoms with van der Waals surface area (Å²) in [5, 5.41) is 2.99. The number of hydrogen-bond donors (Lipinski definition) is 2. The summed E-state index contributed by atoms with van der Waals surface area (Å²) >= 11 is 0. The molecule has 1 aromatic heterocycles. The number of furan rings is 1. The van der Waals surface area contributed by atoms with E-state index >= 15 is 0 Å². The van der Waals surface area contributed by atoms with Gasteiger partial charge in [0.15, 0.2) is 0 Å². The van der Waals surface area contributed by atoms with Crippen molar-refractivity contribution in [1.82, 2.24) is 10.0 Å². The average molecular weight is 286 g/mol. The SMILES string of the molecule is CNCc1c(C)oc(C)c1S(=O)(=O)NC1CC(C)C1. The fourth-order valence-electron chi connectivity index (χ4n) is 2.72. The Kier molecular flexibility index (Phi) is 4.03. The van der Waals surface area contributed by atoms with Crippen molar-refractivity contribution in [2.75, 3.05) is 7.05 Å². The topological polar surface area (TPSA) is 71.3 Å². The Labute approximate surface area is 114 Å². The number of hydrogen-bond acceptors (Lipinski definition) is 4. The molecule has 1 saturated carbocycles. The van der Waals surface area contributed by atoms with Crippen molar-refractivity contribution < 1.29 is 12.8 Å². The van der Waals surface area contributed by atoms with E-state index in [1.165, 1.54) is 0 Å². The first-order valence-corrected chi connectivity index (χ1v) is 8.09. The van der Waals surface area contributed by atoms with Crippen LogP contribution in [0.25, 0.3) is 0 Å². The van der Waals surface area contributed by atoms with Gasteiger partial charge in [-0.2, -0.15) is 0 Å². The van der Waals surface area contributed by atoms with E-state index in [0.717, 1.165) is 18.4 Å². The minimum atomic E-state index is -3.49. The van der Waals surface area contributed by atoms with Crippen LogP contribution in [0.15, 0.2) is 9.31 Å². The van der Waals surface area contributed by atoms with Crippen molar-refractivity contribution in [3.05, 3.63) is 17.1 Å². The fraction of sp³-hybridized carbons (Fsp3) is 0.692. The maximum absolute atomic E-state index is 12.5. The lowest BCUT2D eigenvalue weighted by atomic mass is 9.83. The van der Waals surface area contributed by atoms with Gasteiger partial charge in [0, 0.05) is 18.2 Å². The van der Waals surface area contributed by atoms with Gasteiger partial charge in [-0.1, -0.05) is 6.92 Å². The maximum Gasteiger partial charge on any atom is 0.244 e. The molecule has 0 spiro atoms. The van der Waals surface area contributed by atoms with Crippen molar-refractivity contribution >= 4 is 10.0 Å². The summed E-state index contributed by atoms with van der Waals surface area (Å²) in [4.78, 5) is 0.305. The van der Waals surface area contributed by atoms with E-state index in [9.17, 15) is 8.42 Å². The Bertz CT molecular complexity index is 557. The molecule has 0 saturated heterocycles. The minimum Gasteiger partial charge on any atom is -0.465 e. The third-order valence-electron chi connectivity index (χ3n) is 3.64. The predicted octanol–water partition coefficient (Wildman–Crippen LogP) is 1.69. The molecule has 6 heteroatoms. The van der Waals surface area contributed by atoms with E-state index in [1.807, 2.05) is 0 Å². The number of aryl methyl sites for hydroxylation is 2. The highest BCUT2D eigenvalue weighted by molar-refractivity contribution is 7.89. The van der Waals surface area contributed by atoms with E-state index in [0.29, 0.717) is 28.9 Å². The molecule has 0 bridgehead atoms. The van der Waals surface area contributed by atoms with Crippen molar-refractivity contribution in [3.8, 4) is 0 Å². The van der Waals surface area contributed by atoms with Crippen molar-refractivity contribution in [3.63, 3.8) is 0 Å². The molecule has 5 nitrogen and oxygen atoms in total. The van der Waals surface area contributed by atoms with Crippen molar-refractivity contribution in [2.24, 2.45) is 5.92 Å². The second kappa shape index (κ2) is 5.26. The molecule has 1 aliphatic rings. The molecule has 0 amide bonds. The number of nitrogens with one attached hydrogen (secondary N) is 2. The summed E-state index contributed by atoms with van der Waals surface area (Å²) in [6.45, 7) is 6.11. The van der Waals surface area contributed by atoms with Gasteiger partial charge in [-0.3, -0.25) is 0 Å². The predicted molar refractivity (Wildman–Crippen MR) is 73.5 cm³/mol. The van der Waals surface area contributed by atoms with Gasteiger partial charge >= 0.3 is 0 Å². The highest BCUT2D eigenvalue weighted by Crippen LogP contribution is 2.31. The van der Waals surface area contributed by atoms with Gasteiger partial charge in [0.05, 0.1) is 0 Å². The summed E-state index contributed by atoms with van der Waals surface area (Å²) < 4.78 is 33.2. The molecule has 0 aromatic carbocycles. The molecular weight excluding hydrogens is 264 g/mol. The Balaban J connectivity index is 2.29. The van der Waals surface area contributed by atoms with Crippen molar-refractivity contribution in [2.45, 2.75) is 51.1 Å². The van der Waals surface area contributed by atoms with E-state index < -0.39 is 10.0 Å². The zero-order chi connectivity index (χ0) is 14.2. The summed E-state index contributed by atoms with van der Waals surface area (Å²) in [7, 11) is -1.70. The van der Waals surface area contributed by atoms with Crippen LogP contribution >= 0.6 is 0 Å². The first-order valence-electron chi connectivity index (χ1n) is 6.61. The summed E-state index contributed by atoms with van der Waals surface area (Å²) in [5.74, 6) is 1.73. The molecule has 0 unspecified atom stereocenters. The van der Waals surface area contributed by atoms with E-state index in [1.54, 1.807) is 20.9 Å². The van der Waals surface area contributed by atoms with Crippen LogP contribution in [0.3, 0.4) is 0 Å². The molecule has 2 rings (SSSR count). The lowest BCUT2D eigenvalue weighted by Crippen LogP contribution is -2.43. The summed E-state index contributed by atoms with van der Waals surface area (Å²) in [6, 6.07) is 0.0667. The third kappa shape index (κ3) is 2.85. The molecule has 0 aliphatic heterocycles. The first kappa shape index (κ1) is 14.6. The smallest absolute Gasteiger partial charge is 0.244 e. The van der Waals surface area contributed by atoms with Crippen LogP contribution in [0.2, 0.25) is 0 Å². The summed E-state index contributed by atoms with van der Waals surface area (Å²) in [6.07, 6.45) is 1.83. The Morgan fingerprint density at radius 2 is 1.89 bits per heavy atom. The molecular formula is C13H22N2O3S. The van der Waals surface area contributed by atoms with Crippen LogP contribution in [0, 0.1) is 19.8 Å². The van der Waals surface area contributed by atoms with Crippen molar-refractivity contribution in [1.29, 1.82) is 0 Å². The first-order chi connectivity index (χ1) is 8.85. The molecule has 1 heterocycles. The Morgan fingerprint density at radius 1 is 1.26 bits per heavy atom. The van der Waals surface area contributed by atoms with Crippen LogP contribution in [-0.4, -0.2) is 21.5 Å². The molecule has 1 aliphatic carbocycles. The van der Waals surface area contributed by atoms with Crippen LogP contribution in [0.1, 0.15) is 36.8 Å². The van der Waals surface area contributed by atoms with Crippen LogP contribution in [0.5, 0.6) is 0 Å². The quantitative estimate of drug-likeness (QED) is 0.864. The number of rotatable bonds is 5. The van der Waals surface area contributed by atoms with Gasteiger partial charge in [-0.25, -0.2) is 13.1 Å². The summed E-state index contributed by atoms with van der Waals surface area (Å²) in [5.41, 5.74) is 0.722. The lowest BCUT2D eigenvalue weighted by Gasteiger charge is -2.32. The molecule has 0 radical (unpaired) electrons. The molecule has 0 atom stereocenters. The van der Waals surface area contributed by atoms with Crippen LogP contribution in [0.4, 0.5) is 0 Å². The highest BCUT2D eigenvalue weighted by Gasteiger charge is 2.33. The lowest BCUT2D eigenvalue weighted by molar-refractivity contribution is 0.270. The van der Waals surface area contributed by atoms with Gasteiger partial charge in [0.2, 0.25) is 10.0 Å². The van der Waals surface area contributed by atoms with Gasteiger partial charge in [-0.15, -0.1) is 0 Å². The van der Waals surface area contributed by atoms with E-state index in [2.05, 4.69) is 17.0 Å². The van der Waals surface area contributed by atoms with Gasteiger partial charge in [0.25, 0.3) is 0 Å². The van der Waals surface area contributed by atoms with Crippen LogP contribution in [-0.2, 0) is 16.6 Å².